The van der Waals surface area contributed by atoms with Gasteiger partial charge in [-0.1, -0.05) is 19.1 Å². The van der Waals surface area contributed by atoms with Crippen LogP contribution in [0.2, 0.25) is 0 Å². The second kappa shape index (κ2) is 5.05. The van der Waals surface area contributed by atoms with E-state index in [-0.39, 0.29) is 0 Å². The third-order valence-electron chi connectivity index (χ3n) is 1.99. The molecule has 1 atom stereocenters. The average molecular weight is 242 g/mol. The molecule has 16 heavy (non-hydrogen) atoms. The van der Waals surface area contributed by atoms with Crippen molar-refractivity contribution in [1.82, 2.24) is 4.72 Å². The maximum atomic E-state index is 13.2. The Kier molecular flexibility index (Phi) is 3.99. The Morgan fingerprint density at radius 1 is 1.50 bits per heavy atom. The molecule has 1 aromatic rings. The lowest BCUT2D eigenvalue weighted by molar-refractivity contribution is 0.549. The summed E-state index contributed by atoms with van der Waals surface area (Å²) in [6.07, 6.45) is 0.324. The Labute approximate surface area is 93.8 Å². The fourth-order valence-corrected chi connectivity index (χ4v) is 2.42. The summed E-state index contributed by atoms with van der Waals surface area (Å²) in [4.78, 5) is -0.441. The first-order valence-corrected chi connectivity index (χ1v) is 6.16. The molecule has 0 amide bonds. The van der Waals surface area contributed by atoms with Crippen molar-refractivity contribution >= 4 is 10.0 Å². The minimum atomic E-state index is -3.96. The monoisotopic (exact) mass is 242 g/mol. The first kappa shape index (κ1) is 12.6. The van der Waals surface area contributed by atoms with E-state index in [0.717, 1.165) is 12.1 Å². The van der Waals surface area contributed by atoms with E-state index in [9.17, 15) is 12.8 Å². The van der Waals surface area contributed by atoms with Crippen molar-refractivity contribution in [1.29, 1.82) is 5.26 Å². The molecule has 0 spiro atoms. The zero-order valence-electron chi connectivity index (χ0n) is 8.64. The third kappa shape index (κ3) is 2.78. The molecule has 1 unspecified atom stereocenters. The van der Waals surface area contributed by atoms with Gasteiger partial charge in [-0.05, 0) is 18.6 Å². The van der Waals surface area contributed by atoms with Crippen molar-refractivity contribution in [3.63, 3.8) is 0 Å². The molecule has 0 fully saturated rings. The summed E-state index contributed by atoms with van der Waals surface area (Å²) in [5, 5.41) is 8.63. The minimum Gasteiger partial charge on any atom is -0.207 e. The number of hydrogen-bond acceptors (Lipinski definition) is 3. The molecule has 0 radical (unpaired) electrons. The molecule has 0 saturated heterocycles. The molecule has 0 aromatic heterocycles. The highest BCUT2D eigenvalue weighted by atomic mass is 32.2. The first-order valence-electron chi connectivity index (χ1n) is 4.67. The van der Waals surface area contributed by atoms with E-state index in [2.05, 4.69) is 4.72 Å². The predicted octanol–water partition coefficient (Wildman–Crippen LogP) is 1.41. The topological polar surface area (TPSA) is 70.0 Å². The molecule has 1 N–H and O–H groups in total. The summed E-state index contributed by atoms with van der Waals surface area (Å²) in [5.41, 5.74) is 0. The van der Waals surface area contributed by atoms with Crippen LogP contribution in [0.1, 0.15) is 13.3 Å². The molecule has 0 aliphatic carbocycles. The minimum absolute atomic E-state index is 0.324. The number of rotatable bonds is 4. The fraction of sp³-hybridized carbons (Fsp3) is 0.300. The second-order valence-corrected chi connectivity index (χ2v) is 4.82. The van der Waals surface area contributed by atoms with Crippen LogP contribution < -0.4 is 4.72 Å². The standard InChI is InChI=1S/C10H11FN2O2S/c1-2-8(7-12)13-16(14,15)10-6-4-3-5-9(10)11/h3-6,8,13H,2H2,1H3. The van der Waals surface area contributed by atoms with Gasteiger partial charge in [0.15, 0.2) is 0 Å². The van der Waals surface area contributed by atoms with Gasteiger partial charge in [-0.2, -0.15) is 9.98 Å². The van der Waals surface area contributed by atoms with Crippen molar-refractivity contribution in [3.05, 3.63) is 30.1 Å². The zero-order valence-corrected chi connectivity index (χ0v) is 9.46. The van der Waals surface area contributed by atoms with Crippen LogP contribution in [-0.4, -0.2) is 14.5 Å². The van der Waals surface area contributed by atoms with Gasteiger partial charge in [-0.3, -0.25) is 0 Å². The van der Waals surface area contributed by atoms with Gasteiger partial charge in [-0.15, -0.1) is 0 Å². The summed E-state index contributed by atoms with van der Waals surface area (Å²) in [7, 11) is -3.96. The van der Waals surface area contributed by atoms with Crippen LogP contribution in [-0.2, 0) is 10.0 Å². The normalized spacial score (nSPS) is 13.1. The van der Waals surface area contributed by atoms with Gasteiger partial charge in [-0.25, -0.2) is 12.8 Å². The van der Waals surface area contributed by atoms with Gasteiger partial charge in [0, 0.05) is 0 Å². The number of benzene rings is 1. The predicted molar refractivity (Wildman–Crippen MR) is 56.4 cm³/mol. The number of nitrogens with zero attached hydrogens (tertiary/aromatic N) is 1. The fourth-order valence-electron chi connectivity index (χ4n) is 1.11. The largest absolute Gasteiger partial charge is 0.244 e. The maximum absolute atomic E-state index is 13.2. The summed E-state index contributed by atoms with van der Waals surface area (Å²) < 4.78 is 38.7. The quantitative estimate of drug-likeness (QED) is 0.867. The van der Waals surface area contributed by atoms with Crippen LogP contribution >= 0.6 is 0 Å². The Bertz CT molecular complexity index is 508. The molecule has 1 aromatic carbocycles. The molecular weight excluding hydrogens is 231 g/mol. The van der Waals surface area contributed by atoms with Gasteiger partial charge in [0.05, 0.1) is 6.07 Å². The van der Waals surface area contributed by atoms with Crippen LogP contribution in [0, 0.1) is 17.1 Å². The molecule has 0 bridgehead atoms. The Hall–Kier alpha value is -1.45. The first-order chi connectivity index (χ1) is 7.51. The number of nitrogens with one attached hydrogen (secondary N) is 1. The molecule has 0 aliphatic heterocycles. The summed E-state index contributed by atoms with van der Waals surface area (Å²) in [6.45, 7) is 1.66. The Balaban J connectivity index is 3.05. The van der Waals surface area contributed by atoms with Crippen molar-refractivity contribution < 1.29 is 12.8 Å². The van der Waals surface area contributed by atoms with Crippen molar-refractivity contribution in [3.8, 4) is 6.07 Å². The number of hydrogen-bond donors (Lipinski definition) is 1. The summed E-state index contributed by atoms with van der Waals surface area (Å²) in [5.74, 6) is -0.831. The second-order valence-electron chi connectivity index (χ2n) is 3.14. The number of sulfonamides is 1. The van der Waals surface area contributed by atoms with E-state index in [1.54, 1.807) is 13.0 Å². The van der Waals surface area contributed by atoms with Crippen LogP contribution in [0.4, 0.5) is 4.39 Å². The smallest absolute Gasteiger partial charge is 0.207 e. The Morgan fingerprint density at radius 2 is 2.12 bits per heavy atom. The molecule has 4 nitrogen and oxygen atoms in total. The third-order valence-corrected chi connectivity index (χ3v) is 3.49. The molecule has 86 valence electrons. The van der Waals surface area contributed by atoms with E-state index in [1.165, 1.54) is 12.1 Å². The zero-order chi connectivity index (χ0) is 12.2. The lowest BCUT2D eigenvalue weighted by Gasteiger charge is -2.10. The molecule has 0 aliphatic rings. The van der Waals surface area contributed by atoms with Crippen molar-refractivity contribution in [2.75, 3.05) is 0 Å². The highest BCUT2D eigenvalue weighted by molar-refractivity contribution is 7.89. The molecule has 0 saturated carbocycles. The SMILES string of the molecule is CCC(C#N)NS(=O)(=O)c1ccccc1F. The van der Waals surface area contributed by atoms with Gasteiger partial charge >= 0.3 is 0 Å². The molecule has 6 heteroatoms. The lowest BCUT2D eigenvalue weighted by atomic mass is 10.3. The lowest BCUT2D eigenvalue weighted by Crippen LogP contribution is -2.33. The van der Waals surface area contributed by atoms with Crippen molar-refractivity contribution in [2.45, 2.75) is 24.3 Å². The van der Waals surface area contributed by atoms with Crippen LogP contribution in [0.25, 0.3) is 0 Å². The molecule has 0 heterocycles. The maximum Gasteiger partial charge on any atom is 0.244 e. The highest BCUT2D eigenvalue weighted by Gasteiger charge is 2.21. The van der Waals surface area contributed by atoms with Gasteiger partial charge in [0.25, 0.3) is 0 Å². The van der Waals surface area contributed by atoms with Gasteiger partial charge < -0.3 is 0 Å². The molecule has 1 rings (SSSR count). The van der Waals surface area contributed by atoms with Crippen LogP contribution in [0.3, 0.4) is 0 Å². The summed E-state index contributed by atoms with van der Waals surface area (Å²) >= 11 is 0. The van der Waals surface area contributed by atoms with Gasteiger partial charge in [0.1, 0.15) is 16.8 Å². The summed E-state index contributed by atoms with van der Waals surface area (Å²) in [6, 6.07) is 5.97. The van der Waals surface area contributed by atoms with E-state index in [1.807, 2.05) is 0 Å². The van der Waals surface area contributed by atoms with Gasteiger partial charge in [0.2, 0.25) is 10.0 Å². The highest BCUT2D eigenvalue weighted by Crippen LogP contribution is 2.13. The average Bonchev–Trinajstić information content (AvgIpc) is 2.26. The van der Waals surface area contributed by atoms with E-state index < -0.39 is 26.8 Å². The van der Waals surface area contributed by atoms with Crippen LogP contribution in [0.5, 0.6) is 0 Å². The Morgan fingerprint density at radius 3 is 2.62 bits per heavy atom. The number of halogens is 1. The van der Waals surface area contributed by atoms with Crippen molar-refractivity contribution in [2.24, 2.45) is 0 Å². The number of nitriles is 1. The van der Waals surface area contributed by atoms with Crippen LogP contribution in [0.15, 0.2) is 29.2 Å². The van der Waals surface area contributed by atoms with E-state index in [4.69, 9.17) is 5.26 Å². The van der Waals surface area contributed by atoms with E-state index >= 15 is 0 Å². The molecular formula is C10H11FN2O2S. The van der Waals surface area contributed by atoms with E-state index in [0.29, 0.717) is 6.42 Å².